The van der Waals surface area contributed by atoms with Crippen LogP contribution in [-0.4, -0.2) is 29.8 Å². The number of rotatable bonds is 4. The maximum Gasteiger partial charge on any atom is 0.255 e. The zero-order valence-corrected chi connectivity index (χ0v) is 13.7. The van der Waals surface area contributed by atoms with Gasteiger partial charge in [-0.05, 0) is 48.7 Å². The highest BCUT2D eigenvalue weighted by Crippen LogP contribution is 2.20. The molecule has 5 heteroatoms. The fourth-order valence-corrected chi connectivity index (χ4v) is 2.79. The average Bonchev–Trinajstić information content (AvgIpc) is 3.16. The molecule has 1 aliphatic rings. The lowest BCUT2D eigenvalue weighted by Crippen LogP contribution is -2.28. The SMILES string of the molecule is O=C(/C=C/c1ccc(F)cc1)Nc1ccccc1C(=O)N1CCCC1. The molecule has 4 nitrogen and oxygen atoms in total. The van der Waals surface area contributed by atoms with Crippen LogP contribution in [0.5, 0.6) is 0 Å². The molecule has 128 valence electrons. The molecule has 1 fully saturated rings. The molecule has 25 heavy (non-hydrogen) atoms. The molecule has 2 aromatic rings. The van der Waals surface area contributed by atoms with Gasteiger partial charge in [-0.1, -0.05) is 24.3 Å². The Morgan fingerprint density at radius 1 is 1.00 bits per heavy atom. The van der Waals surface area contributed by atoms with Crippen LogP contribution in [0.4, 0.5) is 10.1 Å². The van der Waals surface area contributed by atoms with Crippen molar-refractivity contribution in [2.75, 3.05) is 18.4 Å². The summed E-state index contributed by atoms with van der Waals surface area (Å²) in [6.45, 7) is 1.51. The number of amides is 2. The molecule has 0 atom stereocenters. The molecule has 2 amide bonds. The van der Waals surface area contributed by atoms with Crippen LogP contribution >= 0.6 is 0 Å². The topological polar surface area (TPSA) is 49.4 Å². The predicted molar refractivity (Wildman–Crippen MR) is 95.6 cm³/mol. The molecule has 3 rings (SSSR count). The van der Waals surface area contributed by atoms with Crippen molar-refractivity contribution < 1.29 is 14.0 Å². The van der Waals surface area contributed by atoms with Gasteiger partial charge >= 0.3 is 0 Å². The van der Waals surface area contributed by atoms with Crippen molar-refractivity contribution in [2.24, 2.45) is 0 Å². The molecule has 0 unspecified atom stereocenters. The predicted octanol–water partition coefficient (Wildman–Crippen LogP) is 3.71. The van der Waals surface area contributed by atoms with E-state index in [1.165, 1.54) is 18.2 Å². The lowest BCUT2D eigenvalue weighted by molar-refractivity contribution is -0.111. The summed E-state index contributed by atoms with van der Waals surface area (Å²) in [6.07, 6.45) is 4.99. The first-order valence-corrected chi connectivity index (χ1v) is 8.26. The Labute approximate surface area is 146 Å². The van der Waals surface area contributed by atoms with E-state index in [4.69, 9.17) is 0 Å². The third-order valence-electron chi connectivity index (χ3n) is 4.11. The summed E-state index contributed by atoms with van der Waals surface area (Å²) in [7, 11) is 0. The average molecular weight is 338 g/mol. The smallest absolute Gasteiger partial charge is 0.255 e. The first-order chi connectivity index (χ1) is 12.1. The second-order valence-corrected chi connectivity index (χ2v) is 5.92. The molecule has 1 N–H and O–H groups in total. The van der Waals surface area contributed by atoms with Crippen LogP contribution in [0.3, 0.4) is 0 Å². The highest BCUT2D eigenvalue weighted by Gasteiger charge is 2.21. The van der Waals surface area contributed by atoms with Gasteiger partial charge in [0.1, 0.15) is 5.82 Å². The van der Waals surface area contributed by atoms with Gasteiger partial charge in [0, 0.05) is 19.2 Å². The maximum atomic E-state index is 12.9. The lowest BCUT2D eigenvalue weighted by atomic mass is 10.1. The molecule has 0 bridgehead atoms. The van der Waals surface area contributed by atoms with Gasteiger partial charge in [0.05, 0.1) is 11.3 Å². The summed E-state index contributed by atoms with van der Waals surface area (Å²) in [6, 6.07) is 12.8. The van der Waals surface area contributed by atoms with Crippen molar-refractivity contribution in [2.45, 2.75) is 12.8 Å². The van der Waals surface area contributed by atoms with Crippen LogP contribution in [0.25, 0.3) is 6.08 Å². The fraction of sp³-hybridized carbons (Fsp3) is 0.200. The summed E-state index contributed by atoms with van der Waals surface area (Å²) in [5, 5.41) is 2.75. The monoisotopic (exact) mass is 338 g/mol. The summed E-state index contributed by atoms with van der Waals surface area (Å²) < 4.78 is 12.9. The number of halogens is 1. The van der Waals surface area contributed by atoms with Gasteiger partial charge in [-0.25, -0.2) is 4.39 Å². The largest absolute Gasteiger partial charge is 0.339 e. The number of anilines is 1. The molecule has 1 heterocycles. The lowest BCUT2D eigenvalue weighted by Gasteiger charge is -2.17. The molecule has 0 aromatic heterocycles. The molecule has 0 aliphatic carbocycles. The minimum Gasteiger partial charge on any atom is -0.339 e. The van der Waals surface area contributed by atoms with Crippen molar-refractivity contribution in [3.8, 4) is 0 Å². The zero-order chi connectivity index (χ0) is 17.6. The quantitative estimate of drug-likeness (QED) is 0.864. The molecular formula is C20H19FN2O2. The van der Waals surface area contributed by atoms with Crippen molar-refractivity contribution >= 4 is 23.6 Å². The molecule has 1 saturated heterocycles. The van der Waals surface area contributed by atoms with Gasteiger partial charge < -0.3 is 10.2 Å². The Morgan fingerprint density at radius 3 is 2.40 bits per heavy atom. The molecule has 0 saturated carbocycles. The Kier molecular flexibility index (Phi) is 5.23. The van der Waals surface area contributed by atoms with Gasteiger partial charge in [-0.2, -0.15) is 0 Å². The zero-order valence-electron chi connectivity index (χ0n) is 13.7. The van der Waals surface area contributed by atoms with Gasteiger partial charge in [-0.15, -0.1) is 0 Å². The van der Waals surface area contributed by atoms with Gasteiger partial charge in [0.15, 0.2) is 0 Å². The van der Waals surface area contributed by atoms with Crippen molar-refractivity contribution in [3.63, 3.8) is 0 Å². The van der Waals surface area contributed by atoms with Crippen LogP contribution in [0.1, 0.15) is 28.8 Å². The Bertz CT molecular complexity index is 794. The van der Waals surface area contributed by atoms with Crippen LogP contribution in [0, 0.1) is 5.82 Å². The first-order valence-electron chi connectivity index (χ1n) is 8.26. The first kappa shape index (κ1) is 16.9. The van der Waals surface area contributed by atoms with Gasteiger partial charge in [0.2, 0.25) is 5.91 Å². The van der Waals surface area contributed by atoms with Crippen LogP contribution < -0.4 is 5.32 Å². The number of hydrogen-bond donors (Lipinski definition) is 1. The third kappa shape index (κ3) is 4.32. The summed E-state index contributed by atoms with van der Waals surface area (Å²) in [5.74, 6) is -0.724. The van der Waals surface area contributed by atoms with E-state index in [9.17, 15) is 14.0 Å². The number of likely N-dealkylation sites (tertiary alicyclic amines) is 1. The van der Waals surface area contributed by atoms with E-state index in [1.54, 1.807) is 47.4 Å². The minimum absolute atomic E-state index is 0.0593. The standard InChI is InChI=1S/C20H19FN2O2/c21-16-10-7-15(8-11-16)9-12-19(24)22-18-6-2-1-5-17(18)20(25)23-13-3-4-14-23/h1-2,5-12H,3-4,13-14H2,(H,22,24)/b12-9+. The van der Waals surface area contributed by atoms with E-state index >= 15 is 0 Å². The van der Waals surface area contributed by atoms with E-state index in [2.05, 4.69) is 5.32 Å². The van der Waals surface area contributed by atoms with Crippen molar-refractivity contribution in [1.29, 1.82) is 0 Å². The van der Waals surface area contributed by atoms with Crippen LogP contribution in [0.2, 0.25) is 0 Å². The summed E-state index contributed by atoms with van der Waals surface area (Å²) in [5.41, 5.74) is 1.71. The second-order valence-electron chi connectivity index (χ2n) is 5.92. The molecule has 1 aliphatic heterocycles. The maximum absolute atomic E-state index is 12.9. The van der Waals surface area contributed by atoms with Gasteiger partial charge in [-0.3, -0.25) is 9.59 Å². The Balaban J connectivity index is 1.70. The second kappa shape index (κ2) is 7.75. The number of hydrogen-bond acceptors (Lipinski definition) is 2. The Hall–Kier alpha value is -2.95. The number of nitrogens with zero attached hydrogens (tertiary/aromatic N) is 1. The molecule has 0 radical (unpaired) electrons. The summed E-state index contributed by atoms with van der Waals surface area (Å²) in [4.78, 5) is 26.5. The van der Waals surface area contributed by atoms with Crippen LogP contribution in [-0.2, 0) is 4.79 Å². The van der Waals surface area contributed by atoms with Crippen molar-refractivity contribution in [1.82, 2.24) is 4.90 Å². The molecule has 0 spiro atoms. The van der Waals surface area contributed by atoms with E-state index in [0.717, 1.165) is 31.5 Å². The van der Waals surface area contributed by atoms with E-state index in [1.807, 2.05) is 0 Å². The molecule has 2 aromatic carbocycles. The van der Waals surface area contributed by atoms with Gasteiger partial charge in [0.25, 0.3) is 5.91 Å². The normalized spacial score (nSPS) is 14.0. The van der Waals surface area contributed by atoms with E-state index in [-0.39, 0.29) is 17.6 Å². The number of benzene rings is 2. The summed E-state index contributed by atoms with van der Waals surface area (Å²) >= 11 is 0. The number of carbonyl (C=O) groups is 2. The minimum atomic E-state index is -0.342. The number of para-hydroxylation sites is 1. The highest BCUT2D eigenvalue weighted by molar-refractivity contribution is 6.07. The van der Waals surface area contributed by atoms with Crippen molar-refractivity contribution in [3.05, 3.63) is 71.6 Å². The third-order valence-corrected chi connectivity index (χ3v) is 4.11. The number of carbonyl (C=O) groups excluding carboxylic acids is 2. The fourth-order valence-electron chi connectivity index (χ4n) is 2.79. The molecular weight excluding hydrogens is 319 g/mol. The van der Waals surface area contributed by atoms with Crippen LogP contribution in [0.15, 0.2) is 54.6 Å². The number of nitrogens with one attached hydrogen (secondary N) is 1. The van der Waals surface area contributed by atoms with E-state index < -0.39 is 0 Å². The van der Waals surface area contributed by atoms with E-state index in [0.29, 0.717) is 11.3 Å². The Morgan fingerprint density at radius 2 is 1.68 bits per heavy atom. The highest BCUT2D eigenvalue weighted by atomic mass is 19.1.